The van der Waals surface area contributed by atoms with E-state index in [-0.39, 0.29) is 19.2 Å². The van der Waals surface area contributed by atoms with Crippen LogP contribution >= 0.6 is 0 Å². The Morgan fingerprint density at radius 3 is 1.86 bits per heavy atom. The highest BCUT2D eigenvalue weighted by atomic mass is 16.3. The van der Waals surface area contributed by atoms with Gasteiger partial charge in [-0.1, -0.05) is 57.8 Å². The summed E-state index contributed by atoms with van der Waals surface area (Å²) in [6.45, 7) is 0.0653. The van der Waals surface area contributed by atoms with Crippen molar-refractivity contribution in [3.05, 3.63) is 0 Å². The van der Waals surface area contributed by atoms with Gasteiger partial charge in [-0.25, -0.2) is 0 Å². The summed E-state index contributed by atoms with van der Waals surface area (Å²) in [6, 6.07) is 0.110. The zero-order chi connectivity index (χ0) is 16.2. The summed E-state index contributed by atoms with van der Waals surface area (Å²) in [5, 5.41) is 11.7. The van der Waals surface area contributed by atoms with Gasteiger partial charge in [0.15, 0.2) is 0 Å². The molecule has 0 spiro atoms. The standard InChI is InChI=1S/C17H32N2O3/c1-19(13-14-20)17(22)16(21)18-15-11-9-7-5-3-2-4-6-8-10-12-15/h15,20H,2-14H2,1H3,(H,18,21). The van der Waals surface area contributed by atoms with Gasteiger partial charge >= 0.3 is 11.8 Å². The topological polar surface area (TPSA) is 69.6 Å². The maximum absolute atomic E-state index is 12.0. The first-order valence-corrected chi connectivity index (χ1v) is 8.82. The second-order valence-corrected chi connectivity index (χ2v) is 6.38. The average molecular weight is 312 g/mol. The summed E-state index contributed by atoms with van der Waals surface area (Å²) < 4.78 is 0. The number of carbonyl (C=O) groups is 2. The largest absolute Gasteiger partial charge is 0.395 e. The van der Waals surface area contributed by atoms with Crippen LogP contribution in [0.4, 0.5) is 0 Å². The van der Waals surface area contributed by atoms with Gasteiger partial charge in [0.05, 0.1) is 6.61 Å². The SMILES string of the molecule is CN(CCO)C(=O)C(=O)NC1CCCCCCCCCCC1. The molecular formula is C17H32N2O3. The Morgan fingerprint density at radius 1 is 0.955 bits per heavy atom. The Morgan fingerprint density at radius 2 is 1.41 bits per heavy atom. The molecule has 1 aliphatic carbocycles. The Kier molecular flexibility index (Phi) is 9.87. The van der Waals surface area contributed by atoms with Gasteiger partial charge in [-0.3, -0.25) is 9.59 Å². The van der Waals surface area contributed by atoms with E-state index < -0.39 is 11.8 Å². The zero-order valence-corrected chi connectivity index (χ0v) is 14.0. The molecule has 0 radical (unpaired) electrons. The van der Waals surface area contributed by atoms with Gasteiger partial charge in [0.1, 0.15) is 0 Å². The van der Waals surface area contributed by atoms with E-state index in [0.29, 0.717) is 0 Å². The summed E-state index contributed by atoms with van der Waals surface area (Å²) in [6.07, 6.45) is 13.1. The number of hydrogen-bond acceptors (Lipinski definition) is 3. The van der Waals surface area contributed by atoms with E-state index in [9.17, 15) is 9.59 Å². The van der Waals surface area contributed by atoms with Crippen LogP contribution in [0.25, 0.3) is 0 Å². The van der Waals surface area contributed by atoms with Crippen LogP contribution in [0.1, 0.15) is 70.6 Å². The van der Waals surface area contributed by atoms with E-state index in [0.717, 1.165) is 25.7 Å². The number of carbonyl (C=O) groups excluding carboxylic acids is 2. The molecule has 1 rings (SSSR count). The summed E-state index contributed by atoms with van der Waals surface area (Å²) in [5.41, 5.74) is 0. The first-order valence-electron chi connectivity index (χ1n) is 8.82. The number of amides is 2. The molecule has 128 valence electrons. The lowest BCUT2D eigenvalue weighted by atomic mass is 9.98. The van der Waals surface area contributed by atoms with Gasteiger partial charge in [-0.15, -0.1) is 0 Å². The molecule has 1 aliphatic rings. The fraction of sp³-hybridized carbons (Fsp3) is 0.882. The Bertz CT molecular complexity index is 322. The highest BCUT2D eigenvalue weighted by Gasteiger charge is 2.21. The molecule has 0 unspecified atom stereocenters. The molecule has 0 aromatic carbocycles. The summed E-state index contributed by atoms with van der Waals surface area (Å²) >= 11 is 0. The number of aliphatic hydroxyl groups excluding tert-OH is 1. The third-order valence-corrected chi connectivity index (χ3v) is 4.42. The number of nitrogens with one attached hydrogen (secondary N) is 1. The third-order valence-electron chi connectivity index (χ3n) is 4.42. The van der Waals surface area contributed by atoms with Gasteiger partial charge in [0.2, 0.25) is 0 Å². The number of nitrogens with zero attached hydrogens (tertiary/aromatic N) is 1. The molecule has 0 aliphatic heterocycles. The molecule has 0 aromatic rings. The van der Waals surface area contributed by atoms with Gasteiger partial charge < -0.3 is 15.3 Å². The minimum Gasteiger partial charge on any atom is -0.395 e. The molecule has 0 atom stereocenters. The molecular weight excluding hydrogens is 280 g/mol. The van der Waals surface area contributed by atoms with Crippen LogP contribution in [0.5, 0.6) is 0 Å². The van der Waals surface area contributed by atoms with Gasteiger partial charge in [0.25, 0.3) is 0 Å². The molecule has 0 heterocycles. The van der Waals surface area contributed by atoms with Gasteiger partial charge in [0, 0.05) is 19.6 Å². The van der Waals surface area contributed by atoms with Crippen molar-refractivity contribution in [2.24, 2.45) is 0 Å². The normalized spacial score (nSPS) is 18.8. The lowest BCUT2D eigenvalue weighted by Crippen LogP contribution is -2.46. The summed E-state index contributed by atoms with van der Waals surface area (Å²) in [5.74, 6) is -1.09. The monoisotopic (exact) mass is 312 g/mol. The predicted molar refractivity (Wildman–Crippen MR) is 87.4 cm³/mol. The number of rotatable bonds is 3. The highest BCUT2D eigenvalue weighted by molar-refractivity contribution is 6.35. The van der Waals surface area contributed by atoms with Crippen LogP contribution in [-0.2, 0) is 9.59 Å². The van der Waals surface area contributed by atoms with E-state index in [4.69, 9.17) is 5.11 Å². The molecule has 2 N–H and O–H groups in total. The highest BCUT2D eigenvalue weighted by Crippen LogP contribution is 2.17. The molecule has 5 nitrogen and oxygen atoms in total. The van der Waals surface area contributed by atoms with Crippen LogP contribution in [0.3, 0.4) is 0 Å². The quantitative estimate of drug-likeness (QED) is 0.785. The smallest absolute Gasteiger partial charge is 0.311 e. The Labute approximate surface area is 134 Å². The average Bonchev–Trinajstić information content (AvgIpc) is 2.49. The Hall–Kier alpha value is -1.10. The Balaban J connectivity index is 2.43. The van der Waals surface area contributed by atoms with Crippen molar-refractivity contribution in [3.63, 3.8) is 0 Å². The molecule has 1 fully saturated rings. The van der Waals surface area contributed by atoms with Crippen molar-refractivity contribution in [2.45, 2.75) is 76.7 Å². The van der Waals surface area contributed by atoms with E-state index in [1.54, 1.807) is 7.05 Å². The molecule has 22 heavy (non-hydrogen) atoms. The first-order chi connectivity index (χ1) is 10.6. The van der Waals surface area contributed by atoms with E-state index in [1.165, 1.54) is 49.8 Å². The van der Waals surface area contributed by atoms with Crippen LogP contribution in [0, 0.1) is 0 Å². The lowest BCUT2D eigenvalue weighted by Gasteiger charge is -2.21. The van der Waals surface area contributed by atoms with Gasteiger partial charge in [-0.2, -0.15) is 0 Å². The van der Waals surface area contributed by atoms with E-state index in [2.05, 4.69) is 5.32 Å². The summed E-state index contributed by atoms with van der Waals surface area (Å²) in [7, 11) is 1.54. The van der Waals surface area contributed by atoms with Gasteiger partial charge in [-0.05, 0) is 12.8 Å². The van der Waals surface area contributed by atoms with Crippen LogP contribution in [-0.4, -0.2) is 48.1 Å². The minimum atomic E-state index is -0.555. The van der Waals surface area contributed by atoms with Crippen LogP contribution in [0.15, 0.2) is 0 Å². The first kappa shape index (κ1) is 18.9. The van der Waals surface area contributed by atoms with Crippen molar-refractivity contribution in [3.8, 4) is 0 Å². The summed E-state index contributed by atoms with van der Waals surface area (Å²) in [4.78, 5) is 25.2. The second kappa shape index (κ2) is 11.5. The molecule has 0 bridgehead atoms. The van der Waals surface area contributed by atoms with E-state index in [1.807, 2.05) is 0 Å². The molecule has 0 aromatic heterocycles. The minimum absolute atomic E-state index is 0.110. The third kappa shape index (κ3) is 7.78. The fourth-order valence-corrected chi connectivity index (χ4v) is 2.98. The molecule has 1 saturated carbocycles. The molecule has 5 heteroatoms. The molecule has 0 saturated heterocycles. The van der Waals surface area contributed by atoms with Crippen LogP contribution < -0.4 is 5.32 Å². The van der Waals surface area contributed by atoms with Crippen molar-refractivity contribution in [2.75, 3.05) is 20.2 Å². The van der Waals surface area contributed by atoms with Crippen LogP contribution in [0.2, 0.25) is 0 Å². The van der Waals surface area contributed by atoms with Crippen molar-refractivity contribution in [1.82, 2.24) is 10.2 Å². The number of likely N-dealkylation sites (N-methyl/N-ethyl adjacent to an activating group) is 1. The fourth-order valence-electron chi connectivity index (χ4n) is 2.98. The van der Waals surface area contributed by atoms with E-state index >= 15 is 0 Å². The second-order valence-electron chi connectivity index (χ2n) is 6.38. The maximum Gasteiger partial charge on any atom is 0.311 e. The van der Waals surface area contributed by atoms with Crippen molar-refractivity contribution in [1.29, 1.82) is 0 Å². The maximum atomic E-state index is 12.0. The van der Waals surface area contributed by atoms with Crippen molar-refractivity contribution >= 4 is 11.8 Å². The number of aliphatic hydroxyl groups is 1. The zero-order valence-electron chi connectivity index (χ0n) is 14.0. The predicted octanol–water partition coefficient (Wildman–Crippen LogP) is 2.23. The lowest BCUT2D eigenvalue weighted by molar-refractivity contribution is -0.145. The molecule has 2 amide bonds. The van der Waals surface area contributed by atoms with Crippen molar-refractivity contribution < 1.29 is 14.7 Å². The number of hydrogen-bond donors (Lipinski definition) is 2.